The smallest absolute Gasteiger partial charge is 0.310 e. The highest BCUT2D eigenvalue weighted by molar-refractivity contribution is 5.85. The van der Waals surface area contributed by atoms with Crippen LogP contribution in [0.4, 0.5) is 0 Å². The number of ether oxygens (including phenoxy) is 1. The fourth-order valence-electron chi connectivity index (χ4n) is 1.77. The lowest BCUT2D eigenvalue weighted by molar-refractivity contribution is -0.142. The van der Waals surface area contributed by atoms with Gasteiger partial charge in [0.1, 0.15) is 5.75 Å². The van der Waals surface area contributed by atoms with Crippen LogP contribution < -0.4 is 0 Å². The molecule has 2 aromatic rings. The molecule has 0 radical (unpaired) electrons. The monoisotopic (exact) mass is 230 g/mol. The summed E-state index contributed by atoms with van der Waals surface area (Å²) in [7, 11) is 0. The third kappa shape index (κ3) is 2.75. The van der Waals surface area contributed by atoms with Crippen LogP contribution in [0.2, 0.25) is 0 Å². The molecule has 3 heteroatoms. The molecule has 0 aromatic heterocycles. The van der Waals surface area contributed by atoms with Crippen molar-refractivity contribution in [2.24, 2.45) is 0 Å². The Hall–Kier alpha value is -2.03. The molecule has 0 heterocycles. The molecule has 0 saturated heterocycles. The van der Waals surface area contributed by atoms with Gasteiger partial charge in [0, 0.05) is 0 Å². The molecule has 0 amide bonds. The lowest BCUT2D eigenvalue weighted by atomic mass is 10.0. The lowest BCUT2D eigenvalue weighted by Gasteiger charge is -2.04. The summed E-state index contributed by atoms with van der Waals surface area (Å²) >= 11 is 0. The fraction of sp³-hybridized carbons (Fsp3) is 0.214. The van der Waals surface area contributed by atoms with Crippen molar-refractivity contribution in [2.45, 2.75) is 13.3 Å². The topological polar surface area (TPSA) is 46.5 Å². The molecule has 0 aliphatic rings. The van der Waals surface area contributed by atoms with Crippen molar-refractivity contribution in [3.8, 4) is 5.75 Å². The standard InChI is InChI=1S/C14H14O3/c1-2-17-14(16)8-10-3-4-11-5-6-13(15)9-12(11)7-10/h3-7,9,15H,2,8H2,1H3. The molecule has 0 aliphatic heterocycles. The summed E-state index contributed by atoms with van der Waals surface area (Å²) in [5, 5.41) is 11.4. The molecule has 0 saturated carbocycles. The Labute approximate surface area is 99.6 Å². The van der Waals surface area contributed by atoms with Gasteiger partial charge in [-0.25, -0.2) is 0 Å². The van der Waals surface area contributed by atoms with Crippen LogP contribution in [0.3, 0.4) is 0 Å². The molecule has 0 atom stereocenters. The van der Waals surface area contributed by atoms with Crippen molar-refractivity contribution in [1.82, 2.24) is 0 Å². The SMILES string of the molecule is CCOC(=O)Cc1ccc2ccc(O)cc2c1. The molecule has 2 rings (SSSR count). The number of carbonyl (C=O) groups excluding carboxylic acids is 1. The van der Waals surface area contributed by atoms with Gasteiger partial charge in [-0.2, -0.15) is 0 Å². The van der Waals surface area contributed by atoms with E-state index in [4.69, 9.17) is 4.74 Å². The first-order chi connectivity index (χ1) is 8.19. The van der Waals surface area contributed by atoms with Gasteiger partial charge in [-0.15, -0.1) is 0 Å². The Kier molecular flexibility index (Phi) is 3.28. The minimum atomic E-state index is -0.230. The average molecular weight is 230 g/mol. The van der Waals surface area contributed by atoms with E-state index in [-0.39, 0.29) is 18.1 Å². The van der Waals surface area contributed by atoms with Crippen LogP contribution >= 0.6 is 0 Å². The summed E-state index contributed by atoms with van der Waals surface area (Å²) in [5.74, 6) is -0.00205. The van der Waals surface area contributed by atoms with E-state index < -0.39 is 0 Å². The predicted octanol–water partition coefficient (Wildman–Crippen LogP) is 2.65. The lowest BCUT2D eigenvalue weighted by Crippen LogP contribution is -2.07. The molecule has 0 aliphatic carbocycles. The molecule has 17 heavy (non-hydrogen) atoms. The Morgan fingerprint density at radius 2 is 1.94 bits per heavy atom. The van der Waals surface area contributed by atoms with Crippen LogP contribution in [0.5, 0.6) is 5.75 Å². The van der Waals surface area contributed by atoms with Crippen LogP contribution in [-0.2, 0) is 16.0 Å². The van der Waals surface area contributed by atoms with E-state index in [1.807, 2.05) is 24.3 Å². The van der Waals surface area contributed by atoms with Crippen molar-refractivity contribution in [3.05, 3.63) is 42.0 Å². The van der Waals surface area contributed by atoms with Crippen molar-refractivity contribution in [2.75, 3.05) is 6.61 Å². The van der Waals surface area contributed by atoms with E-state index in [1.54, 1.807) is 19.1 Å². The second-order valence-electron chi connectivity index (χ2n) is 3.85. The van der Waals surface area contributed by atoms with Gasteiger partial charge < -0.3 is 9.84 Å². The van der Waals surface area contributed by atoms with Gasteiger partial charge in [-0.3, -0.25) is 4.79 Å². The summed E-state index contributed by atoms with van der Waals surface area (Å²) in [6.07, 6.45) is 0.263. The van der Waals surface area contributed by atoms with E-state index in [0.29, 0.717) is 6.61 Å². The van der Waals surface area contributed by atoms with Gasteiger partial charge in [-0.05, 0) is 35.4 Å². The number of phenolic OH excluding ortho intramolecular Hbond substituents is 1. The molecular formula is C14H14O3. The number of hydrogen-bond acceptors (Lipinski definition) is 3. The highest BCUT2D eigenvalue weighted by atomic mass is 16.5. The Morgan fingerprint density at radius 3 is 2.71 bits per heavy atom. The van der Waals surface area contributed by atoms with Crippen molar-refractivity contribution in [3.63, 3.8) is 0 Å². The average Bonchev–Trinajstić information content (AvgIpc) is 2.28. The summed E-state index contributed by atoms with van der Waals surface area (Å²) in [5.41, 5.74) is 0.890. The van der Waals surface area contributed by atoms with Gasteiger partial charge in [-0.1, -0.05) is 24.3 Å². The van der Waals surface area contributed by atoms with Crippen LogP contribution in [0, 0.1) is 0 Å². The van der Waals surface area contributed by atoms with E-state index in [2.05, 4.69) is 0 Å². The number of hydrogen-bond donors (Lipinski definition) is 1. The Morgan fingerprint density at radius 1 is 1.18 bits per heavy atom. The quantitative estimate of drug-likeness (QED) is 0.824. The maximum atomic E-state index is 11.3. The molecule has 2 aromatic carbocycles. The fourth-order valence-corrected chi connectivity index (χ4v) is 1.77. The van der Waals surface area contributed by atoms with E-state index in [0.717, 1.165) is 16.3 Å². The number of esters is 1. The first-order valence-electron chi connectivity index (χ1n) is 5.56. The second kappa shape index (κ2) is 4.87. The number of carbonyl (C=O) groups is 1. The summed E-state index contributed by atoms with van der Waals surface area (Å²) < 4.78 is 4.89. The van der Waals surface area contributed by atoms with Crippen molar-refractivity contribution >= 4 is 16.7 Å². The zero-order valence-corrected chi connectivity index (χ0v) is 9.64. The zero-order chi connectivity index (χ0) is 12.3. The second-order valence-corrected chi connectivity index (χ2v) is 3.85. The zero-order valence-electron chi connectivity index (χ0n) is 9.64. The van der Waals surface area contributed by atoms with Gasteiger partial charge in [0.25, 0.3) is 0 Å². The minimum Gasteiger partial charge on any atom is -0.508 e. The third-order valence-electron chi connectivity index (χ3n) is 2.54. The maximum Gasteiger partial charge on any atom is 0.310 e. The van der Waals surface area contributed by atoms with E-state index in [9.17, 15) is 9.90 Å². The largest absolute Gasteiger partial charge is 0.508 e. The number of benzene rings is 2. The molecule has 88 valence electrons. The predicted molar refractivity (Wildman–Crippen MR) is 65.9 cm³/mol. The van der Waals surface area contributed by atoms with Crippen LogP contribution in [0.1, 0.15) is 12.5 Å². The third-order valence-corrected chi connectivity index (χ3v) is 2.54. The number of fused-ring (bicyclic) bond motifs is 1. The number of phenols is 1. The van der Waals surface area contributed by atoms with Crippen LogP contribution in [-0.4, -0.2) is 17.7 Å². The summed E-state index contributed by atoms with van der Waals surface area (Å²) in [6.45, 7) is 2.18. The van der Waals surface area contributed by atoms with Crippen molar-refractivity contribution in [1.29, 1.82) is 0 Å². The molecule has 1 N–H and O–H groups in total. The summed E-state index contributed by atoms with van der Waals surface area (Å²) in [4.78, 5) is 11.3. The van der Waals surface area contributed by atoms with Gasteiger partial charge in [0.05, 0.1) is 13.0 Å². The van der Waals surface area contributed by atoms with Crippen LogP contribution in [0.25, 0.3) is 10.8 Å². The minimum absolute atomic E-state index is 0.228. The molecular weight excluding hydrogens is 216 g/mol. The number of aromatic hydroxyl groups is 1. The first kappa shape index (κ1) is 11.5. The van der Waals surface area contributed by atoms with Gasteiger partial charge in [0.15, 0.2) is 0 Å². The Bertz CT molecular complexity index is 546. The normalized spacial score (nSPS) is 10.4. The van der Waals surface area contributed by atoms with Crippen molar-refractivity contribution < 1.29 is 14.6 Å². The number of rotatable bonds is 3. The van der Waals surface area contributed by atoms with Gasteiger partial charge in [0.2, 0.25) is 0 Å². The van der Waals surface area contributed by atoms with Crippen LogP contribution in [0.15, 0.2) is 36.4 Å². The molecule has 3 nitrogen and oxygen atoms in total. The summed E-state index contributed by atoms with van der Waals surface area (Å²) in [6, 6.07) is 10.9. The first-order valence-corrected chi connectivity index (χ1v) is 5.56. The molecule has 0 unspecified atom stereocenters. The highest BCUT2D eigenvalue weighted by Crippen LogP contribution is 2.21. The maximum absolute atomic E-state index is 11.3. The highest BCUT2D eigenvalue weighted by Gasteiger charge is 2.04. The molecule has 0 bridgehead atoms. The van der Waals surface area contributed by atoms with E-state index >= 15 is 0 Å². The van der Waals surface area contributed by atoms with Gasteiger partial charge >= 0.3 is 5.97 Å². The van der Waals surface area contributed by atoms with E-state index in [1.165, 1.54) is 0 Å². The Balaban J connectivity index is 2.27. The molecule has 0 spiro atoms. The molecule has 0 fully saturated rings.